The molecule has 0 aliphatic carbocycles. The van der Waals surface area contributed by atoms with Crippen molar-refractivity contribution in [3.63, 3.8) is 0 Å². The molecule has 0 saturated carbocycles. The second-order valence-electron chi connectivity index (χ2n) is 14.0. The minimum absolute atomic E-state index is 0.0273. The van der Waals surface area contributed by atoms with E-state index in [2.05, 4.69) is 29.1 Å². The Morgan fingerprint density at radius 3 is 2.44 bits per heavy atom. The van der Waals surface area contributed by atoms with Gasteiger partial charge in [-0.15, -0.1) is 0 Å². The van der Waals surface area contributed by atoms with Crippen LogP contribution in [0.25, 0.3) is 16.8 Å². The number of hydrogen-bond acceptors (Lipinski definition) is 8. The van der Waals surface area contributed by atoms with Gasteiger partial charge in [-0.2, -0.15) is 5.10 Å². The Hall–Kier alpha value is -6.11. The Morgan fingerprint density at radius 1 is 0.870 bits per heavy atom. The van der Waals surface area contributed by atoms with Gasteiger partial charge in [0.15, 0.2) is 11.5 Å². The van der Waals surface area contributed by atoms with E-state index in [1.165, 1.54) is 5.56 Å². The molecule has 1 fully saturated rings. The molecule has 0 unspecified atom stereocenters. The quantitative estimate of drug-likeness (QED) is 0.200. The summed E-state index contributed by atoms with van der Waals surface area (Å²) in [6.07, 6.45) is 6.22. The molecular weight excluding hydrogens is 684 g/mol. The standard InChI is InChI=1S/C42H40N6O6/c1-28-20-29-6-2-3-7-30(29)25-47(28)41(50)35-23-40-39(53-27-54-40)22-34(35)38-21-36(37-8-4-5-13-46(37)38)42(51)48(31-9-11-33(49)12-10-31)32-24-43-45(26-32)15-14-44-16-18-52-19-17-44/h2-13,21-24,26,28,49H,14-20,25,27H2,1H3/t28-/m1/s1. The number of phenols is 1. The van der Waals surface area contributed by atoms with Crippen LogP contribution in [-0.4, -0.2) is 86.6 Å². The maximum Gasteiger partial charge on any atom is 0.265 e. The Morgan fingerprint density at radius 2 is 1.63 bits per heavy atom. The fraction of sp³-hybridized carbons (Fsp3) is 0.262. The van der Waals surface area contributed by atoms with E-state index in [0.29, 0.717) is 63.9 Å². The molecule has 6 heterocycles. The summed E-state index contributed by atoms with van der Waals surface area (Å²) in [5, 5.41) is 14.8. The van der Waals surface area contributed by atoms with Crippen molar-refractivity contribution in [3.05, 3.63) is 126 Å². The highest BCUT2D eigenvalue weighted by Crippen LogP contribution is 2.42. The predicted octanol–water partition coefficient (Wildman–Crippen LogP) is 6.13. The predicted molar refractivity (Wildman–Crippen MR) is 202 cm³/mol. The van der Waals surface area contributed by atoms with Crippen LogP contribution in [-0.2, 0) is 24.2 Å². The smallest absolute Gasteiger partial charge is 0.265 e. The Labute approximate surface area is 312 Å². The van der Waals surface area contributed by atoms with Crippen molar-refractivity contribution >= 4 is 28.7 Å². The van der Waals surface area contributed by atoms with Gasteiger partial charge in [-0.25, -0.2) is 0 Å². The van der Waals surface area contributed by atoms with Crippen LogP contribution in [0.3, 0.4) is 0 Å². The summed E-state index contributed by atoms with van der Waals surface area (Å²) < 4.78 is 20.9. The van der Waals surface area contributed by atoms with E-state index in [4.69, 9.17) is 14.2 Å². The molecule has 3 aliphatic heterocycles. The van der Waals surface area contributed by atoms with Crippen molar-refractivity contribution in [1.82, 2.24) is 24.0 Å². The van der Waals surface area contributed by atoms with Crippen LogP contribution in [0, 0.1) is 0 Å². The van der Waals surface area contributed by atoms with Crippen LogP contribution in [0.2, 0.25) is 0 Å². The lowest BCUT2D eigenvalue weighted by Gasteiger charge is -2.35. The van der Waals surface area contributed by atoms with E-state index >= 15 is 0 Å². The number of rotatable bonds is 8. The van der Waals surface area contributed by atoms with Crippen molar-refractivity contribution in [2.75, 3.05) is 44.5 Å². The lowest BCUT2D eigenvalue weighted by molar-refractivity contribution is 0.0359. The Bertz CT molecular complexity index is 2360. The van der Waals surface area contributed by atoms with Gasteiger partial charge in [0.25, 0.3) is 11.8 Å². The molecule has 0 spiro atoms. The molecule has 1 saturated heterocycles. The number of morpholine rings is 1. The number of carbonyl (C=O) groups is 2. The number of pyridine rings is 1. The molecule has 274 valence electrons. The molecule has 9 rings (SSSR count). The van der Waals surface area contributed by atoms with E-state index in [-0.39, 0.29) is 30.4 Å². The third-order valence-electron chi connectivity index (χ3n) is 10.6. The molecule has 0 radical (unpaired) electrons. The number of nitrogens with zero attached hydrogens (tertiary/aromatic N) is 6. The molecule has 1 N–H and O–H groups in total. The third kappa shape index (κ3) is 6.22. The summed E-state index contributed by atoms with van der Waals surface area (Å²) in [5.41, 5.74) is 6.38. The summed E-state index contributed by atoms with van der Waals surface area (Å²) in [6.45, 7) is 7.26. The second kappa shape index (κ2) is 14.0. The maximum atomic E-state index is 15.0. The zero-order chi connectivity index (χ0) is 36.8. The normalized spacial score (nSPS) is 16.8. The first-order chi connectivity index (χ1) is 26.4. The van der Waals surface area contributed by atoms with E-state index in [1.807, 2.05) is 68.8 Å². The highest BCUT2D eigenvalue weighted by molar-refractivity contribution is 6.15. The number of amides is 2. The van der Waals surface area contributed by atoms with E-state index in [1.54, 1.807) is 41.4 Å². The number of aromatic nitrogens is 3. The van der Waals surface area contributed by atoms with Crippen LogP contribution in [0.15, 0.2) is 104 Å². The first-order valence-corrected chi connectivity index (χ1v) is 18.3. The summed E-state index contributed by atoms with van der Waals surface area (Å²) in [4.78, 5) is 35.5. The van der Waals surface area contributed by atoms with Gasteiger partial charge in [-0.05, 0) is 79.1 Å². The van der Waals surface area contributed by atoms with Gasteiger partial charge in [-0.3, -0.25) is 24.1 Å². The fourth-order valence-electron chi connectivity index (χ4n) is 7.73. The van der Waals surface area contributed by atoms with Crippen molar-refractivity contribution in [2.24, 2.45) is 0 Å². The third-order valence-corrected chi connectivity index (χ3v) is 10.6. The van der Waals surface area contributed by atoms with Crippen molar-refractivity contribution < 1.29 is 28.9 Å². The molecule has 54 heavy (non-hydrogen) atoms. The Kier molecular flexibility index (Phi) is 8.76. The van der Waals surface area contributed by atoms with Gasteiger partial charge < -0.3 is 28.6 Å². The first kappa shape index (κ1) is 33.7. The largest absolute Gasteiger partial charge is 0.508 e. The zero-order valence-corrected chi connectivity index (χ0v) is 29.9. The number of aromatic hydroxyl groups is 1. The van der Waals surface area contributed by atoms with Gasteiger partial charge in [0.2, 0.25) is 6.79 Å². The molecule has 3 aliphatic rings. The van der Waals surface area contributed by atoms with Gasteiger partial charge in [0.1, 0.15) is 5.75 Å². The molecule has 3 aromatic heterocycles. The van der Waals surface area contributed by atoms with Gasteiger partial charge >= 0.3 is 0 Å². The molecule has 6 aromatic rings. The number of anilines is 2. The Balaban J connectivity index is 1.12. The average Bonchev–Trinajstić information content (AvgIpc) is 3.96. The van der Waals surface area contributed by atoms with E-state index < -0.39 is 0 Å². The molecule has 1 atom stereocenters. The van der Waals surface area contributed by atoms with Gasteiger partial charge in [0.05, 0.1) is 54.0 Å². The van der Waals surface area contributed by atoms with Crippen LogP contribution in [0.5, 0.6) is 17.2 Å². The summed E-state index contributed by atoms with van der Waals surface area (Å²) in [7, 11) is 0. The van der Waals surface area contributed by atoms with Crippen molar-refractivity contribution in [1.29, 1.82) is 0 Å². The second-order valence-corrected chi connectivity index (χ2v) is 14.0. The lowest BCUT2D eigenvalue weighted by Crippen LogP contribution is -2.42. The number of fused-ring (bicyclic) bond motifs is 3. The van der Waals surface area contributed by atoms with Gasteiger partial charge in [-0.1, -0.05) is 30.3 Å². The van der Waals surface area contributed by atoms with E-state index in [9.17, 15) is 14.7 Å². The monoisotopic (exact) mass is 724 g/mol. The lowest BCUT2D eigenvalue weighted by atomic mass is 9.93. The average molecular weight is 725 g/mol. The maximum absolute atomic E-state index is 15.0. The molecule has 2 amide bonds. The SMILES string of the molecule is C[C@@H]1Cc2ccccc2CN1C(=O)c1cc2c(cc1-c1cc(C(=O)N(c3ccc(O)cc3)c3cnn(CCN4CCOCC4)c3)c3ccccn13)OCO2. The number of benzene rings is 3. The minimum atomic E-state index is -0.293. The van der Waals surface area contributed by atoms with Crippen LogP contribution >= 0.6 is 0 Å². The number of ether oxygens (including phenoxy) is 3. The number of phenolic OH excluding ortho intramolecular Hbond substituents is 1. The summed E-state index contributed by atoms with van der Waals surface area (Å²) in [5.74, 6) is 0.717. The van der Waals surface area contributed by atoms with Crippen molar-refractivity contribution in [3.8, 4) is 28.5 Å². The van der Waals surface area contributed by atoms with Crippen molar-refractivity contribution in [2.45, 2.75) is 32.5 Å². The van der Waals surface area contributed by atoms with E-state index in [0.717, 1.165) is 44.8 Å². The number of carbonyl (C=O) groups excluding carboxylic acids is 2. The highest BCUT2D eigenvalue weighted by Gasteiger charge is 2.33. The topological polar surface area (TPSA) is 114 Å². The highest BCUT2D eigenvalue weighted by atomic mass is 16.7. The van der Waals surface area contributed by atoms with Crippen LogP contribution < -0.4 is 14.4 Å². The molecule has 0 bridgehead atoms. The molecular formula is C42H40N6O6. The summed E-state index contributed by atoms with van der Waals surface area (Å²) in [6, 6.07) is 25.9. The molecule has 12 heteroatoms. The zero-order valence-electron chi connectivity index (χ0n) is 29.9. The van der Waals surface area contributed by atoms with Crippen LogP contribution in [0.4, 0.5) is 11.4 Å². The van der Waals surface area contributed by atoms with Gasteiger partial charge in [0, 0.05) is 55.9 Å². The van der Waals surface area contributed by atoms with Crippen LogP contribution in [0.1, 0.15) is 38.8 Å². The summed E-state index contributed by atoms with van der Waals surface area (Å²) >= 11 is 0. The molecule has 3 aromatic carbocycles. The minimum Gasteiger partial charge on any atom is -0.508 e. The fourth-order valence-corrected chi connectivity index (χ4v) is 7.73. The molecule has 12 nitrogen and oxygen atoms in total. The number of hydrogen-bond donors (Lipinski definition) is 1. The first-order valence-electron chi connectivity index (χ1n) is 18.3.